The standard InChI is InChI=1S/C31H24ClNO2S/c32-21-13-11-19(12-14-21)27-25-16-36-17-33(25)31(30(27)15-20-5-1-2-8-22(20)28(30)34)24-10-4-7-18-6-3-9-23(26(18)24)29(31)35/h1-14,23,25-27H,15-17H2. The number of thioether (sulfide) groups is 1. The molecule has 1 saturated carbocycles. The highest BCUT2D eigenvalue weighted by atomic mass is 35.5. The van der Waals surface area contributed by atoms with Gasteiger partial charge in [-0.05, 0) is 40.8 Å². The molecule has 2 aromatic rings. The lowest BCUT2D eigenvalue weighted by Crippen LogP contribution is -2.61. The lowest BCUT2D eigenvalue weighted by atomic mass is 9.57. The number of hydrogen-bond acceptors (Lipinski definition) is 4. The summed E-state index contributed by atoms with van der Waals surface area (Å²) in [5.74, 6) is 1.68. The third-order valence-corrected chi connectivity index (χ3v) is 10.9. The number of ketones is 2. The van der Waals surface area contributed by atoms with E-state index in [1.165, 1.54) is 5.57 Å². The number of benzene rings is 2. The monoisotopic (exact) mass is 509 g/mol. The second-order valence-electron chi connectivity index (χ2n) is 10.8. The minimum Gasteiger partial charge on any atom is -0.296 e. The zero-order valence-electron chi connectivity index (χ0n) is 19.6. The Hall–Kier alpha value is -2.66. The van der Waals surface area contributed by atoms with Crippen LogP contribution in [0.15, 0.2) is 96.1 Å². The van der Waals surface area contributed by atoms with E-state index >= 15 is 0 Å². The molecule has 2 heterocycles. The minimum absolute atomic E-state index is 0.0103. The summed E-state index contributed by atoms with van der Waals surface area (Å²) < 4.78 is 0. The Morgan fingerprint density at radius 2 is 1.83 bits per heavy atom. The van der Waals surface area contributed by atoms with Crippen LogP contribution < -0.4 is 0 Å². The van der Waals surface area contributed by atoms with E-state index in [-0.39, 0.29) is 35.4 Å². The Labute approximate surface area is 219 Å². The number of halogens is 1. The van der Waals surface area contributed by atoms with Gasteiger partial charge in [-0.15, -0.1) is 11.8 Å². The molecule has 0 aromatic heterocycles. The van der Waals surface area contributed by atoms with Crippen molar-refractivity contribution < 1.29 is 9.59 Å². The van der Waals surface area contributed by atoms with Gasteiger partial charge < -0.3 is 0 Å². The highest BCUT2D eigenvalue weighted by molar-refractivity contribution is 7.99. The molecule has 2 spiro atoms. The van der Waals surface area contributed by atoms with E-state index < -0.39 is 11.0 Å². The lowest BCUT2D eigenvalue weighted by molar-refractivity contribution is -0.131. The van der Waals surface area contributed by atoms with Gasteiger partial charge in [0.05, 0.1) is 5.41 Å². The van der Waals surface area contributed by atoms with E-state index in [4.69, 9.17) is 11.6 Å². The summed E-state index contributed by atoms with van der Waals surface area (Å²) in [7, 11) is 0. The maximum Gasteiger partial charge on any atom is 0.172 e. The number of hydrogen-bond donors (Lipinski definition) is 0. The van der Waals surface area contributed by atoms with E-state index in [1.54, 1.807) is 0 Å². The average Bonchev–Trinajstić information content (AvgIpc) is 3.61. The van der Waals surface area contributed by atoms with Gasteiger partial charge in [0.1, 0.15) is 5.54 Å². The first kappa shape index (κ1) is 21.4. The van der Waals surface area contributed by atoms with Gasteiger partial charge in [-0.2, -0.15) is 0 Å². The maximum absolute atomic E-state index is 15.0. The molecule has 0 N–H and O–H groups in total. The van der Waals surface area contributed by atoms with Crippen LogP contribution in [0, 0.1) is 17.3 Å². The Morgan fingerprint density at radius 3 is 2.67 bits per heavy atom. The number of nitrogens with zero attached hydrogens (tertiary/aromatic N) is 1. The average molecular weight is 510 g/mol. The van der Waals surface area contributed by atoms with Crippen molar-refractivity contribution >= 4 is 34.9 Å². The minimum atomic E-state index is -0.963. The number of Topliss-reactive ketones (excluding diaryl/α,β-unsaturated/α-hetero) is 2. The van der Waals surface area contributed by atoms with Crippen LogP contribution in [-0.2, 0) is 11.2 Å². The van der Waals surface area contributed by atoms with E-state index in [0.29, 0.717) is 11.4 Å². The van der Waals surface area contributed by atoms with Crippen LogP contribution in [0.1, 0.15) is 27.4 Å². The van der Waals surface area contributed by atoms with Crippen LogP contribution in [0.5, 0.6) is 0 Å². The fourth-order valence-corrected chi connectivity index (χ4v) is 9.91. The number of fused-ring (bicyclic) bond motifs is 5. The SMILES string of the molecule is O=C1c2ccccc2CC12C(c1ccc(Cl)cc1)C1CSCN1C21C(=O)C2C=CC=C3C=CC=C1C32. The number of rotatable bonds is 1. The Kier molecular flexibility index (Phi) is 4.30. The molecule has 3 fully saturated rings. The third kappa shape index (κ3) is 2.29. The van der Waals surface area contributed by atoms with Crippen LogP contribution in [0.25, 0.3) is 0 Å². The highest BCUT2D eigenvalue weighted by Gasteiger charge is 2.80. The summed E-state index contributed by atoms with van der Waals surface area (Å²) >= 11 is 8.19. The van der Waals surface area contributed by atoms with Gasteiger partial charge in [0.2, 0.25) is 0 Å². The second-order valence-corrected chi connectivity index (χ2v) is 12.2. The third-order valence-electron chi connectivity index (χ3n) is 9.58. The zero-order valence-corrected chi connectivity index (χ0v) is 21.1. The van der Waals surface area contributed by atoms with Crippen LogP contribution in [0.3, 0.4) is 0 Å². The predicted molar refractivity (Wildman–Crippen MR) is 143 cm³/mol. The first-order valence-corrected chi connectivity index (χ1v) is 14.2. The van der Waals surface area contributed by atoms with Gasteiger partial charge in [-0.25, -0.2) is 0 Å². The summed E-state index contributed by atoms with van der Waals surface area (Å²) in [4.78, 5) is 32.3. The van der Waals surface area contributed by atoms with E-state index in [2.05, 4.69) is 53.5 Å². The number of allylic oxidation sites excluding steroid dienone is 7. The van der Waals surface area contributed by atoms with E-state index in [9.17, 15) is 9.59 Å². The van der Waals surface area contributed by atoms with Crippen LogP contribution in [0.4, 0.5) is 0 Å². The van der Waals surface area contributed by atoms with Gasteiger partial charge in [-0.1, -0.05) is 84.5 Å². The van der Waals surface area contributed by atoms with E-state index in [0.717, 1.165) is 33.9 Å². The van der Waals surface area contributed by atoms with Crippen LogP contribution >= 0.6 is 23.4 Å². The van der Waals surface area contributed by atoms with Gasteiger partial charge >= 0.3 is 0 Å². The van der Waals surface area contributed by atoms with Crippen molar-refractivity contribution in [3.05, 3.63) is 118 Å². The van der Waals surface area contributed by atoms with Crippen molar-refractivity contribution in [2.45, 2.75) is 23.9 Å². The molecule has 5 heteroatoms. The summed E-state index contributed by atoms with van der Waals surface area (Å²) in [6, 6.07) is 16.1. The zero-order chi connectivity index (χ0) is 24.2. The molecule has 2 saturated heterocycles. The molecule has 0 radical (unpaired) electrons. The Balaban J connectivity index is 1.47. The highest BCUT2D eigenvalue weighted by Crippen LogP contribution is 2.71. The van der Waals surface area contributed by atoms with Crippen molar-refractivity contribution in [3.63, 3.8) is 0 Å². The Morgan fingerprint density at radius 1 is 1.00 bits per heavy atom. The molecule has 6 atom stereocenters. The molecule has 2 aromatic carbocycles. The fourth-order valence-electron chi connectivity index (χ4n) is 8.49. The number of carbonyl (C=O) groups excluding carboxylic acids is 2. The smallest absolute Gasteiger partial charge is 0.172 e. The molecule has 36 heavy (non-hydrogen) atoms. The molecule has 6 unspecified atom stereocenters. The van der Waals surface area contributed by atoms with Crippen molar-refractivity contribution in [2.24, 2.45) is 17.3 Å². The van der Waals surface area contributed by atoms with Crippen molar-refractivity contribution in [2.75, 3.05) is 11.6 Å². The fraction of sp³-hybridized carbons (Fsp3) is 0.290. The van der Waals surface area contributed by atoms with Gasteiger partial charge in [0.15, 0.2) is 11.6 Å². The molecule has 2 aliphatic heterocycles. The lowest BCUT2D eigenvalue weighted by Gasteiger charge is -2.46. The summed E-state index contributed by atoms with van der Waals surface area (Å²) in [6.07, 6.45) is 13.2. The summed E-state index contributed by atoms with van der Waals surface area (Å²) in [5.41, 5.74) is 3.41. The van der Waals surface area contributed by atoms with Gasteiger partial charge in [0, 0.05) is 46.0 Å². The normalized spacial score (nSPS) is 37.5. The molecule has 178 valence electrons. The quantitative estimate of drug-likeness (QED) is 0.488. The van der Waals surface area contributed by atoms with Crippen molar-refractivity contribution in [1.29, 1.82) is 0 Å². The molecule has 3 nitrogen and oxygen atoms in total. The molecule has 0 bridgehead atoms. The second kappa shape index (κ2) is 7.22. The molecule has 4 aliphatic carbocycles. The van der Waals surface area contributed by atoms with Crippen LogP contribution in [-0.4, -0.2) is 39.7 Å². The molecule has 6 aliphatic rings. The van der Waals surface area contributed by atoms with Gasteiger partial charge in [0.25, 0.3) is 0 Å². The Bertz CT molecular complexity index is 1490. The van der Waals surface area contributed by atoms with Crippen LogP contribution in [0.2, 0.25) is 5.02 Å². The van der Waals surface area contributed by atoms with Crippen molar-refractivity contribution in [3.8, 4) is 0 Å². The van der Waals surface area contributed by atoms with Crippen molar-refractivity contribution in [1.82, 2.24) is 4.90 Å². The first-order chi connectivity index (χ1) is 17.6. The predicted octanol–water partition coefficient (Wildman–Crippen LogP) is 5.78. The molecular weight excluding hydrogens is 486 g/mol. The molecule has 0 amide bonds. The maximum atomic E-state index is 15.0. The largest absolute Gasteiger partial charge is 0.296 e. The summed E-state index contributed by atoms with van der Waals surface area (Å²) in [6.45, 7) is 0. The number of carbonyl (C=O) groups is 2. The summed E-state index contributed by atoms with van der Waals surface area (Å²) in [5, 5.41) is 0.683. The topological polar surface area (TPSA) is 37.4 Å². The first-order valence-electron chi connectivity index (χ1n) is 12.6. The molecule has 8 rings (SSSR count). The molecular formula is C31H24ClNO2S. The van der Waals surface area contributed by atoms with E-state index in [1.807, 2.05) is 48.2 Å². The van der Waals surface area contributed by atoms with Gasteiger partial charge in [-0.3, -0.25) is 14.5 Å².